The Bertz CT molecular complexity index is 535. The van der Waals surface area contributed by atoms with Crippen LogP contribution < -0.4 is 10.6 Å². The molecule has 4 heteroatoms. The average Bonchev–Trinajstić information content (AvgIpc) is 2.90. The summed E-state index contributed by atoms with van der Waals surface area (Å²) in [7, 11) is 0. The highest BCUT2D eigenvalue weighted by Gasteiger charge is 2.09. The number of carbonyl (C=O) groups excluding carboxylic acids is 1. The van der Waals surface area contributed by atoms with Crippen molar-refractivity contribution in [1.82, 2.24) is 5.32 Å². The van der Waals surface area contributed by atoms with E-state index in [1.807, 2.05) is 43.3 Å². The van der Waals surface area contributed by atoms with Crippen LogP contribution >= 0.6 is 0 Å². The molecule has 0 unspecified atom stereocenters. The molecule has 0 spiro atoms. The average molecular weight is 258 g/mol. The van der Waals surface area contributed by atoms with Gasteiger partial charge in [0.2, 0.25) is 5.91 Å². The molecule has 0 aliphatic rings. The third-order valence-corrected chi connectivity index (χ3v) is 2.90. The van der Waals surface area contributed by atoms with Crippen molar-refractivity contribution in [2.75, 3.05) is 5.32 Å². The minimum atomic E-state index is -0.0634. The van der Waals surface area contributed by atoms with Crippen LogP contribution in [0.5, 0.6) is 0 Å². The Balaban J connectivity index is 2.01. The van der Waals surface area contributed by atoms with E-state index in [2.05, 4.69) is 10.6 Å². The van der Waals surface area contributed by atoms with Crippen LogP contribution in [-0.4, -0.2) is 5.91 Å². The number of benzene rings is 1. The highest BCUT2D eigenvalue weighted by atomic mass is 16.3. The first-order chi connectivity index (χ1) is 9.16. The molecule has 100 valence electrons. The number of hydrogen-bond donors (Lipinski definition) is 2. The second-order valence-corrected chi connectivity index (χ2v) is 4.46. The van der Waals surface area contributed by atoms with E-state index in [9.17, 15) is 4.79 Å². The van der Waals surface area contributed by atoms with Crippen molar-refractivity contribution >= 4 is 11.6 Å². The third kappa shape index (κ3) is 3.69. The lowest BCUT2D eigenvalue weighted by molar-refractivity contribution is -0.114. The molecule has 1 heterocycles. The zero-order valence-corrected chi connectivity index (χ0v) is 11.1. The topological polar surface area (TPSA) is 54.3 Å². The SMILES string of the molecule is CC(=O)Nc1ccccc1CN[C@@H](C)c1ccco1. The maximum Gasteiger partial charge on any atom is 0.221 e. The minimum Gasteiger partial charge on any atom is -0.468 e. The van der Waals surface area contributed by atoms with Gasteiger partial charge < -0.3 is 15.1 Å². The van der Waals surface area contributed by atoms with Crippen LogP contribution in [-0.2, 0) is 11.3 Å². The molecule has 1 aromatic heterocycles. The summed E-state index contributed by atoms with van der Waals surface area (Å²) in [6, 6.07) is 11.7. The highest BCUT2D eigenvalue weighted by Crippen LogP contribution is 2.17. The molecular weight excluding hydrogens is 240 g/mol. The van der Waals surface area contributed by atoms with Crippen molar-refractivity contribution in [3.8, 4) is 0 Å². The minimum absolute atomic E-state index is 0.0634. The molecule has 0 bridgehead atoms. The van der Waals surface area contributed by atoms with Crippen molar-refractivity contribution in [3.05, 3.63) is 54.0 Å². The number of furan rings is 1. The third-order valence-electron chi connectivity index (χ3n) is 2.90. The molecular formula is C15H18N2O2. The molecule has 0 aliphatic carbocycles. The monoisotopic (exact) mass is 258 g/mol. The van der Waals surface area contributed by atoms with Gasteiger partial charge in [0.15, 0.2) is 0 Å². The van der Waals surface area contributed by atoms with Crippen molar-refractivity contribution < 1.29 is 9.21 Å². The van der Waals surface area contributed by atoms with Crippen LogP contribution in [0.25, 0.3) is 0 Å². The first kappa shape index (κ1) is 13.4. The van der Waals surface area contributed by atoms with E-state index in [1.165, 1.54) is 6.92 Å². The van der Waals surface area contributed by atoms with Gasteiger partial charge in [-0.2, -0.15) is 0 Å². The molecule has 2 N–H and O–H groups in total. The van der Waals surface area contributed by atoms with Crippen LogP contribution in [0.3, 0.4) is 0 Å². The van der Waals surface area contributed by atoms with Crippen molar-refractivity contribution in [3.63, 3.8) is 0 Å². The largest absolute Gasteiger partial charge is 0.468 e. The summed E-state index contributed by atoms with van der Waals surface area (Å²) >= 11 is 0. The molecule has 4 nitrogen and oxygen atoms in total. The smallest absolute Gasteiger partial charge is 0.221 e. The number of para-hydroxylation sites is 1. The highest BCUT2D eigenvalue weighted by molar-refractivity contribution is 5.89. The number of anilines is 1. The second-order valence-electron chi connectivity index (χ2n) is 4.46. The van der Waals surface area contributed by atoms with Gasteiger partial charge in [-0.25, -0.2) is 0 Å². The first-order valence-electron chi connectivity index (χ1n) is 6.29. The van der Waals surface area contributed by atoms with E-state index in [0.717, 1.165) is 17.0 Å². The maximum atomic E-state index is 11.1. The summed E-state index contributed by atoms with van der Waals surface area (Å²) in [6.07, 6.45) is 1.67. The van der Waals surface area contributed by atoms with Gasteiger partial charge in [-0.1, -0.05) is 18.2 Å². The predicted octanol–water partition coefficient (Wildman–Crippen LogP) is 3.09. The Kier molecular flexibility index (Phi) is 4.36. The zero-order chi connectivity index (χ0) is 13.7. The van der Waals surface area contributed by atoms with Gasteiger partial charge in [-0.3, -0.25) is 4.79 Å². The summed E-state index contributed by atoms with van der Waals surface area (Å²) < 4.78 is 5.35. The lowest BCUT2D eigenvalue weighted by Gasteiger charge is -2.14. The summed E-state index contributed by atoms with van der Waals surface area (Å²) in [6.45, 7) is 4.22. The Morgan fingerprint density at radius 3 is 2.74 bits per heavy atom. The Labute approximate surface area is 112 Å². The van der Waals surface area contributed by atoms with Crippen LogP contribution in [0, 0.1) is 0 Å². The van der Waals surface area contributed by atoms with Gasteiger partial charge >= 0.3 is 0 Å². The molecule has 1 atom stereocenters. The Morgan fingerprint density at radius 1 is 1.26 bits per heavy atom. The van der Waals surface area contributed by atoms with Crippen molar-refractivity contribution in [2.45, 2.75) is 26.4 Å². The van der Waals surface area contributed by atoms with E-state index >= 15 is 0 Å². The summed E-state index contributed by atoms with van der Waals surface area (Å²) in [5.41, 5.74) is 1.89. The molecule has 2 rings (SSSR count). The second kappa shape index (κ2) is 6.20. The van der Waals surface area contributed by atoms with Crippen molar-refractivity contribution in [1.29, 1.82) is 0 Å². The van der Waals surface area contributed by atoms with Gasteiger partial charge in [-0.05, 0) is 30.7 Å². The van der Waals surface area contributed by atoms with Gasteiger partial charge in [0.25, 0.3) is 0 Å². The molecule has 0 radical (unpaired) electrons. The van der Waals surface area contributed by atoms with Crippen LogP contribution in [0.15, 0.2) is 47.1 Å². The maximum absolute atomic E-state index is 11.1. The summed E-state index contributed by atoms with van der Waals surface area (Å²) in [5.74, 6) is 0.837. The molecule has 2 aromatic rings. The van der Waals surface area contributed by atoms with E-state index in [0.29, 0.717) is 6.54 Å². The Hall–Kier alpha value is -2.07. The molecule has 0 saturated carbocycles. The molecule has 19 heavy (non-hydrogen) atoms. The van der Waals surface area contributed by atoms with Crippen LogP contribution in [0.4, 0.5) is 5.69 Å². The van der Waals surface area contributed by atoms with E-state index in [1.54, 1.807) is 6.26 Å². The van der Waals surface area contributed by atoms with Crippen LogP contribution in [0.2, 0.25) is 0 Å². The molecule has 0 fully saturated rings. The number of amides is 1. The predicted molar refractivity (Wildman–Crippen MR) is 74.7 cm³/mol. The molecule has 0 aliphatic heterocycles. The standard InChI is InChI=1S/C15H18N2O2/c1-11(15-8-5-9-19-15)16-10-13-6-3-4-7-14(13)17-12(2)18/h3-9,11,16H,10H2,1-2H3,(H,17,18)/t11-/m0/s1. The fraction of sp³-hybridized carbons (Fsp3) is 0.267. The summed E-state index contributed by atoms with van der Waals surface area (Å²) in [4.78, 5) is 11.1. The van der Waals surface area contributed by atoms with Crippen molar-refractivity contribution in [2.24, 2.45) is 0 Å². The number of hydrogen-bond acceptors (Lipinski definition) is 3. The summed E-state index contributed by atoms with van der Waals surface area (Å²) in [5, 5.41) is 6.20. The molecule has 0 saturated heterocycles. The molecule has 1 amide bonds. The quantitative estimate of drug-likeness (QED) is 0.866. The lowest BCUT2D eigenvalue weighted by Crippen LogP contribution is -2.19. The van der Waals surface area contributed by atoms with E-state index in [4.69, 9.17) is 4.42 Å². The number of carbonyl (C=O) groups is 1. The van der Waals surface area contributed by atoms with E-state index < -0.39 is 0 Å². The normalized spacial score (nSPS) is 12.1. The van der Waals surface area contributed by atoms with Gasteiger partial charge in [-0.15, -0.1) is 0 Å². The lowest BCUT2D eigenvalue weighted by atomic mass is 10.1. The fourth-order valence-electron chi connectivity index (χ4n) is 1.89. The first-order valence-corrected chi connectivity index (χ1v) is 6.29. The van der Waals surface area contributed by atoms with Gasteiger partial charge in [0, 0.05) is 19.2 Å². The van der Waals surface area contributed by atoms with Crippen LogP contribution in [0.1, 0.15) is 31.2 Å². The molecule has 1 aromatic carbocycles. The fourth-order valence-corrected chi connectivity index (χ4v) is 1.89. The zero-order valence-electron chi connectivity index (χ0n) is 11.1. The van der Waals surface area contributed by atoms with Gasteiger partial charge in [0.05, 0.1) is 12.3 Å². The number of nitrogens with one attached hydrogen (secondary N) is 2. The van der Waals surface area contributed by atoms with Gasteiger partial charge in [0.1, 0.15) is 5.76 Å². The number of rotatable bonds is 5. The van der Waals surface area contributed by atoms with E-state index in [-0.39, 0.29) is 11.9 Å². The Morgan fingerprint density at radius 2 is 2.05 bits per heavy atom.